The summed E-state index contributed by atoms with van der Waals surface area (Å²) in [6.07, 6.45) is 0. The quantitative estimate of drug-likeness (QED) is 0.638. The van der Waals surface area contributed by atoms with Gasteiger partial charge >= 0.3 is 5.37 Å². The van der Waals surface area contributed by atoms with Gasteiger partial charge in [-0.15, -0.1) is 11.3 Å². The van der Waals surface area contributed by atoms with Crippen LogP contribution in [0.2, 0.25) is 0 Å². The summed E-state index contributed by atoms with van der Waals surface area (Å²) < 4.78 is 1.05. The molecule has 0 bridgehead atoms. The first-order valence-electron chi connectivity index (χ1n) is 2.86. The number of rotatable bonds is 2. The van der Waals surface area contributed by atoms with E-state index in [2.05, 4.69) is 21.2 Å². The summed E-state index contributed by atoms with van der Waals surface area (Å²) in [6, 6.07) is 3.86. The minimum atomic E-state index is -0.519. The molecule has 1 aromatic heterocycles. The van der Waals surface area contributed by atoms with Gasteiger partial charge < -0.3 is 5.32 Å². The Morgan fingerprint density at radius 1 is 1.73 bits per heavy atom. The van der Waals surface area contributed by atoms with E-state index in [4.69, 9.17) is 11.6 Å². The minimum Gasteiger partial charge on any atom is -0.338 e. The monoisotopic (exact) mass is 253 g/mol. The molecule has 1 aromatic rings. The molecule has 0 aliphatic heterocycles. The number of halogens is 2. The van der Waals surface area contributed by atoms with Gasteiger partial charge in [-0.1, -0.05) is 0 Å². The zero-order valence-electron chi connectivity index (χ0n) is 5.43. The second-order valence-electron chi connectivity index (χ2n) is 1.83. The lowest BCUT2D eigenvalue weighted by Gasteiger charge is -1.94. The summed E-state index contributed by atoms with van der Waals surface area (Å²) in [5.74, 6) is 0. The van der Waals surface area contributed by atoms with Crippen molar-refractivity contribution in [1.82, 2.24) is 5.32 Å². The summed E-state index contributed by atoms with van der Waals surface area (Å²) in [7, 11) is 0. The fourth-order valence-corrected chi connectivity index (χ4v) is 2.09. The van der Waals surface area contributed by atoms with Crippen LogP contribution in [-0.4, -0.2) is 5.37 Å². The van der Waals surface area contributed by atoms with Gasteiger partial charge in [-0.05, 0) is 39.7 Å². The molecule has 5 heteroatoms. The minimum absolute atomic E-state index is 0.499. The third-order valence-electron chi connectivity index (χ3n) is 1.03. The van der Waals surface area contributed by atoms with E-state index < -0.39 is 5.37 Å². The van der Waals surface area contributed by atoms with Gasteiger partial charge in [0.2, 0.25) is 0 Å². The van der Waals surface area contributed by atoms with E-state index >= 15 is 0 Å². The number of carbonyl (C=O) groups excluding carboxylic acids is 1. The van der Waals surface area contributed by atoms with Crippen LogP contribution in [0.1, 0.15) is 4.88 Å². The van der Waals surface area contributed by atoms with Crippen LogP contribution < -0.4 is 5.32 Å². The van der Waals surface area contributed by atoms with E-state index in [0.717, 1.165) is 8.66 Å². The van der Waals surface area contributed by atoms with Crippen LogP contribution in [0.15, 0.2) is 15.9 Å². The smallest absolute Gasteiger partial charge is 0.314 e. The van der Waals surface area contributed by atoms with Crippen LogP contribution in [-0.2, 0) is 6.54 Å². The molecule has 1 rings (SSSR count). The first-order chi connectivity index (χ1) is 5.18. The molecule has 0 unspecified atom stereocenters. The molecule has 0 atom stereocenters. The van der Waals surface area contributed by atoms with Gasteiger partial charge in [0.15, 0.2) is 0 Å². The maximum absolute atomic E-state index is 10.3. The summed E-state index contributed by atoms with van der Waals surface area (Å²) in [5.41, 5.74) is 0. The van der Waals surface area contributed by atoms with Gasteiger partial charge in [0.1, 0.15) is 0 Å². The molecule has 1 N–H and O–H groups in total. The summed E-state index contributed by atoms with van der Waals surface area (Å²) in [6.45, 7) is 0.499. The van der Waals surface area contributed by atoms with Gasteiger partial charge in [0.05, 0.1) is 10.3 Å². The predicted octanol–water partition coefficient (Wildman–Crippen LogP) is 2.96. The molecule has 1 heterocycles. The molecular weight excluding hydrogens is 249 g/mol. The Hall–Kier alpha value is -0.0600. The summed E-state index contributed by atoms with van der Waals surface area (Å²) >= 11 is 9.96. The Morgan fingerprint density at radius 3 is 2.91 bits per heavy atom. The Kier molecular flexibility index (Phi) is 3.36. The SMILES string of the molecule is O=C(Cl)NCc1ccc(Br)s1. The number of nitrogens with one attached hydrogen (secondary N) is 1. The van der Waals surface area contributed by atoms with Gasteiger partial charge in [-0.25, -0.2) is 0 Å². The maximum Gasteiger partial charge on any atom is 0.314 e. The third-order valence-corrected chi connectivity index (χ3v) is 2.79. The molecule has 11 heavy (non-hydrogen) atoms. The number of hydrogen-bond acceptors (Lipinski definition) is 2. The normalized spacial score (nSPS) is 9.64. The lowest BCUT2D eigenvalue weighted by atomic mass is 10.5. The molecule has 0 radical (unpaired) electrons. The summed E-state index contributed by atoms with van der Waals surface area (Å²) in [4.78, 5) is 11.3. The number of thiophene rings is 1. The van der Waals surface area contributed by atoms with E-state index in [0.29, 0.717) is 6.54 Å². The molecule has 0 aromatic carbocycles. The van der Waals surface area contributed by atoms with Crippen molar-refractivity contribution in [3.8, 4) is 0 Å². The number of hydrogen-bond donors (Lipinski definition) is 1. The van der Waals surface area contributed by atoms with Crippen molar-refractivity contribution in [3.63, 3.8) is 0 Å². The van der Waals surface area contributed by atoms with E-state index in [9.17, 15) is 4.79 Å². The summed E-state index contributed by atoms with van der Waals surface area (Å²) in [5, 5.41) is 1.97. The van der Waals surface area contributed by atoms with Crippen molar-refractivity contribution < 1.29 is 4.79 Å². The topological polar surface area (TPSA) is 29.1 Å². The standard InChI is InChI=1S/C6H5BrClNOS/c7-5-2-1-4(11-5)3-9-6(8)10/h1-2H,3H2,(H,9,10). The lowest BCUT2D eigenvalue weighted by Crippen LogP contribution is -2.14. The molecule has 0 saturated heterocycles. The van der Waals surface area contributed by atoms with E-state index in [-0.39, 0.29) is 0 Å². The molecule has 0 aliphatic rings. The van der Waals surface area contributed by atoms with Crippen molar-refractivity contribution in [2.75, 3.05) is 0 Å². The highest BCUT2D eigenvalue weighted by atomic mass is 79.9. The molecule has 60 valence electrons. The molecule has 1 amide bonds. The molecule has 0 spiro atoms. The molecule has 0 fully saturated rings. The van der Waals surface area contributed by atoms with Gasteiger partial charge in [0, 0.05) is 4.88 Å². The Labute approximate surface area is 81.7 Å². The van der Waals surface area contributed by atoms with Crippen LogP contribution in [0, 0.1) is 0 Å². The zero-order valence-corrected chi connectivity index (χ0v) is 8.59. The molecule has 0 saturated carbocycles. The van der Waals surface area contributed by atoms with Crippen molar-refractivity contribution in [3.05, 3.63) is 20.8 Å². The second-order valence-corrected chi connectivity index (χ2v) is 4.72. The third kappa shape index (κ3) is 3.22. The maximum atomic E-state index is 10.3. The Balaban J connectivity index is 2.45. The second kappa shape index (κ2) is 4.09. The highest BCUT2D eigenvalue weighted by molar-refractivity contribution is 9.11. The van der Waals surface area contributed by atoms with Crippen LogP contribution in [0.3, 0.4) is 0 Å². The molecule has 2 nitrogen and oxygen atoms in total. The number of amides is 1. The Morgan fingerprint density at radius 2 is 2.45 bits per heavy atom. The van der Waals surface area contributed by atoms with Crippen molar-refractivity contribution in [2.24, 2.45) is 0 Å². The van der Waals surface area contributed by atoms with Crippen LogP contribution >= 0.6 is 38.9 Å². The first-order valence-corrected chi connectivity index (χ1v) is 4.85. The van der Waals surface area contributed by atoms with E-state index in [1.807, 2.05) is 12.1 Å². The van der Waals surface area contributed by atoms with Gasteiger partial charge in [0.25, 0.3) is 0 Å². The average molecular weight is 255 g/mol. The first kappa shape index (κ1) is 9.03. The van der Waals surface area contributed by atoms with Crippen molar-refractivity contribution >= 4 is 44.2 Å². The Bertz CT molecular complexity index is 263. The highest BCUT2D eigenvalue weighted by Crippen LogP contribution is 2.21. The number of carbonyl (C=O) groups is 1. The average Bonchev–Trinajstić information content (AvgIpc) is 2.31. The van der Waals surface area contributed by atoms with Gasteiger partial charge in [-0.3, -0.25) is 4.79 Å². The molecular formula is C6H5BrClNOS. The van der Waals surface area contributed by atoms with E-state index in [1.54, 1.807) is 11.3 Å². The largest absolute Gasteiger partial charge is 0.338 e. The lowest BCUT2D eigenvalue weighted by molar-refractivity contribution is 0.259. The van der Waals surface area contributed by atoms with Gasteiger partial charge in [-0.2, -0.15) is 0 Å². The fourth-order valence-electron chi connectivity index (χ4n) is 0.603. The van der Waals surface area contributed by atoms with Crippen LogP contribution in [0.25, 0.3) is 0 Å². The van der Waals surface area contributed by atoms with Crippen LogP contribution in [0.5, 0.6) is 0 Å². The predicted molar refractivity (Wildman–Crippen MR) is 50.1 cm³/mol. The van der Waals surface area contributed by atoms with Crippen molar-refractivity contribution in [2.45, 2.75) is 6.54 Å². The van der Waals surface area contributed by atoms with Crippen LogP contribution in [0.4, 0.5) is 4.79 Å². The fraction of sp³-hybridized carbons (Fsp3) is 0.167. The molecule has 0 aliphatic carbocycles. The van der Waals surface area contributed by atoms with Crippen molar-refractivity contribution in [1.29, 1.82) is 0 Å². The highest BCUT2D eigenvalue weighted by Gasteiger charge is 1.98. The zero-order chi connectivity index (χ0) is 8.27. The van der Waals surface area contributed by atoms with E-state index in [1.165, 1.54) is 0 Å².